The van der Waals surface area contributed by atoms with Crippen molar-refractivity contribution in [2.75, 3.05) is 11.9 Å². The van der Waals surface area contributed by atoms with Crippen LogP contribution in [0.2, 0.25) is 0 Å². The highest BCUT2D eigenvalue weighted by Crippen LogP contribution is 2.00. The van der Waals surface area contributed by atoms with Crippen molar-refractivity contribution in [2.45, 2.75) is 19.4 Å². The molecule has 0 bridgehead atoms. The first-order chi connectivity index (χ1) is 7.95. The van der Waals surface area contributed by atoms with Crippen molar-refractivity contribution < 1.29 is 0 Å². The monoisotopic (exact) mass is 217 g/mol. The number of rotatable bonds is 6. The van der Waals surface area contributed by atoms with Gasteiger partial charge >= 0.3 is 0 Å². The lowest BCUT2D eigenvalue weighted by Crippen LogP contribution is -2.04. The average molecular weight is 217 g/mol. The van der Waals surface area contributed by atoms with Crippen LogP contribution in [0.1, 0.15) is 12.8 Å². The lowest BCUT2D eigenvalue weighted by Gasteiger charge is -2.05. The molecule has 0 amide bonds. The van der Waals surface area contributed by atoms with Crippen LogP contribution in [0.3, 0.4) is 0 Å². The number of anilines is 1. The molecule has 5 heteroatoms. The Bertz CT molecular complexity index is 384. The largest absolute Gasteiger partial charge is 0.370 e. The summed E-state index contributed by atoms with van der Waals surface area (Å²) in [7, 11) is 0. The van der Waals surface area contributed by atoms with Gasteiger partial charge in [-0.2, -0.15) is 0 Å². The van der Waals surface area contributed by atoms with Gasteiger partial charge < -0.3 is 9.88 Å². The van der Waals surface area contributed by atoms with E-state index in [2.05, 4.69) is 24.8 Å². The maximum absolute atomic E-state index is 4.09. The minimum Gasteiger partial charge on any atom is -0.370 e. The minimum absolute atomic E-state index is 0.887. The van der Waals surface area contributed by atoms with Crippen LogP contribution in [0.15, 0.2) is 37.3 Å². The molecule has 5 nitrogen and oxygen atoms in total. The Morgan fingerprint density at radius 1 is 1.19 bits per heavy atom. The summed E-state index contributed by atoms with van der Waals surface area (Å²) in [5.74, 6) is 0.887. The maximum atomic E-state index is 4.09. The zero-order valence-electron chi connectivity index (χ0n) is 9.08. The first-order valence-electron chi connectivity index (χ1n) is 5.41. The number of aromatic nitrogens is 4. The van der Waals surface area contributed by atoms with Gasteiger partial charge in [0.25, 0.3) is 0 Å². The topological polar surface area (TPSA) is 55.6 Å². The Labute approximate surface area is 94.6 Å². The fraction of sp³-hybridized carbons (Fsp3) is 0.364. The predicted molar refractivity (Wildman–Crippen MR) is 62.0 cm³/mol. The van der Waals surface area contributed by atoms with E-state index in [1.54, 1.807) is 18.7 Å². The normalized spacial score (nSPS) is 10.2. The van der Waals surface area contributed by atoms with Crippen molar-refractivity contribution in [3.05, 3.63) is 37.3 Å². The van der Waals surface area contributed by atoms with Gasteiger partial charge in [0.2, 0.25) is 0 Å². The molecule has 2 aromatic rings. The first-order valence-corrected chi connectivity index (χ1v) is 5.41. The second-order valence-corrected chi connectivity index (χ2v) is 3.53. The van der Waals surface area contributed by atoms with E-state index >= 15 is 0 Å². The summed E-state index contributed by atoms with van der Waals surface area (Å²) in [5, 5.41) is 3.25. The average Bonchev–Trinajstić information content (AvgIpc) is 2.83. The molecule has 16 heavy (non-hydrogen) atoms. The van der Waals surface area contributed by atoms with Crippen LogP contribution in [0, 0.1) is 0 Å². The molecule has 0 saturated heterocycles. The van der Waals surface area contributed by atoms with E-state index in [9.17, 15) is 0 Å². The summed E-state index contributed by atoms with van der Waals surface area (Å²) in [6.45, 7) is 1.96. The smallest absolute Gasteiger partial charge is 0.129 e. The Balaban J connectivity index is 1.59. The van der Waals surface area contributed by atoms with E-state index in [4.69, 9.17) is 0 Å². The van der Waals surface area contributed by atoms with Crippen LogP contribution in [0.5, 0.6) is 0 Å². The zero-order chi connectivity index (χ0) is 11.1. The summed E-state index contributed by atoms with van der Waals surface area (Å²) in [4.78, 5) is 12.0. The Hall–Kier alpha value is -1.91. The molecule has 0 aliphatic heterocycles. The van der Waals surface area contributed by atoms with Gasteiger partial charge in [-0.15, -0.1) is 0 Å². The molecule has 0 unspecified atom stereocenters. The third-order valence-electron chi connectivity index (χ3n) is 2.29. The van der Waals surface area contributed by atoms with Crippen molar-refractivity contribution in [3.63, 3.8) is 0 Å². The standard InChI is InChI=1S/C11H15N5/c1(2-7-16-8-6-13-10-16)4-14-11-3-5-12-9-15-11/h3,5-6,8-10H,1-2,4,7H2,(H,12,14,15). The highest BCUT2D eigenvalue weighted by atomic mass is 15.0. The molecule has 0 saturated carbocycles. The first kappa shape index (κ1) is 10.6. The van der Waals surface area contributed by atoms with E-state index in [0.717, 1.165) is 31.7 Å². The Morgan fingerprint density at radius 3 is 2.94 bits per heavy atom. The van der Waals surface area contributed by atoms with Gasteiger partial charge in [0.15, 0.2) is 0 Å². The summed E-state index contributed by atoms with van der Waals surface area (Å²) < 4.78 is 2.09. The minimum atomic E-state index is 0.887. The molecule has 2 heterocycles. The summed E-state index contributed by atoms with van der Waals surface area (Å²) in [6, 6.07) is 1.87. The number of nitrogens with one attached hydrogen (secondary N) is 1. The van der Waals surface area contributed by atoms with Crippen molar-refractivity contribution >= 4 is 5.82 Å². The third-order valence-corrected chi connectivity index (χ3v) is 2.29. The lowest BCUT2D eigenvalue weighted by molar-refractivity contribution is 0.620. The second kappa shape index (κ2) is 5.85. The van der Waals surface area contributed by atoms with Crippen molar-refractivity contribution in [2.24, 2.45) is 0 Å². The van der Waals surface area contributed by atoms with E-state index in [0.29, 0.717) is 0 Å². The molecular formula is C11H15N5. The number of imidazole rings is 1. The van der Waals surface area contributed by atoms with E-state index < -0.39 is 0 Å². The number of aryl methyl sites for hydroxylation is 1. The van der Waals surface area contributed by atoms with Crippen molar-refractivity contribution in [1.29, 1.82) is 0 Å². The third kappa shape index (κ3) is 3.34. The van der Waals surface area contributed by atoms with E-state index in [-0.39, 0.29) is 0 Å². The number of hydrogen-bond acceptors (Lipinski definition) is 4. The fourth-order valence-electron chi connectivity index (χ4n) is 1.45. The van der Waals surface area contributed by atoms with Gasteiger partial charge in [-0.05, 0) is 18.9 Å². The molecule has 1 N–H and O–H groups in total. The molecule has 2 aromatic heterocycles. The maximum Gasteiger partial charge on any atom is 0.129 e. The molecule has 84 valence electrons. The van der Waals surface area contributed by atoms with Gasteiger partial charge in [0.05, 0.1) is 6.33 Å². The second-order valence-electron chi connectivity index (χ2n) is 3.53. The van der Waals surface area contributed by atoms with Crippen LogP contribution in [-0.4, -0.2) is 26.1 Å². The SMILES string of the molecule is c1cc(NCCCCn2ccnc2)ncn1. The Morgan fingerprint density at radius 2 is 2.19 bits per heavy atom. The Kier molecular flexibility index (Phi) is 3.87. The van der Waals surface area contributed by atoms with Crippen LogP contribution >= 0.6 is 0 Å². The highest BCUT2D eigenvalue weighted by Gasteiger charge is 1.93. The van der Waals surface area contributed by atoms with Crippen molar-refractivity contribution in [3.8, 4) is 0 Å². The summed E-state index contributed by atoms with van der Waals surface area (Å²) in [5.41, 5.74) is 0. The molecule has 0 aliphatic carbocycles. The molecule has 0 radical (unpaired) electrons. The van der Waals surface area contributed by atoms with Crippen LogP contribution < -0.4 is 5.32 Å². The van der Waals surface area contributed by atoms with Gasteiger partial charge in [-0.3, -0.25) is 0 Å². The molecule has 2 rings (SSSR count). The number of nitrogens with zero attached hydrogens (tertiary/aromatic N) is 4. The van der Waals surface area contributed by atoms with Gasteiger partial charge in [-0.25, -0.2) is 15.0 Å². The van der Waals surface area contributed by atoms with Crippen molar-refractivity contribution in [1.82, 2.24) is 19.5 Å². The molecular weight excluding hydrogens is 202 g/mol. The highest BCUT2D eigenvalue weighted by molar-refractivity contribution is 5.30. The van der Waals surface area contributed by atoms with Crippen LogP contribution in [0.25, 0.3) is 0 Å². The van der Waals surface area contributed by atoms with Gasteiger partial charge in [0, 0.05) is 31.7 Å². The summed E-state index contributed by atoms with van der Waals surface area (Å²) in [6.07, 6.45) is 11.2. The number of unbranched alkanes of at least 4 members (excludes halogenated alkanes) is 1. The lowest BCUT2D eigenvalue weighted by atomic mass is 10.3. The summed E-state index contributed by atoms with van der Waals surface area (Å²) >= 11 is 0. The van der Waals surface area contributed by atoms with Crippen LogP contribution in [-0.2, 0) is 6.54 Å². The van der Waals surface area contributed by atoms with Gasteiger partial charge in [-0.1, -0.05) is 0 Å². The fourth-order valence-corrected chi connectivity index (χ4v) is 1.45. The molecule has 0 aromatic carbocycles. The number of hydrogen-bond donors (Lipinski definition) is 1. The molecule has 0 spiro atoms. The zero-order valence-corrected chi connectivity index (χ0v) is 9.08. The predicted octanol–water partition coefficient (Wildman–Crippen LogP) is 1.57. The van der Waals surface area contributed by atoms with E-state index in [1.807, 2.05) is 18.6 Å². The molecule has 0 fully saturated rings. The van der Waals surface area contributed by atoms with Gasteiger partial charge in [0.1, 0.15) is 12.1 Å². The quantitative estimate of drug-likeness (QED) is 0.746. The molecule has 0 aliphatic rings. The molecule has 0 atom stereocenters. The van der Waals surface area contributed by atoms with Crippen LogP contribution in [0.4, 0.5) is 5.82 Å². The van der Waals surface area contributed by atoms with E-state index in [1.165, 1.54) is 0 Å².